The smallest absolute Gasteiger partial charge is 0.325 e. The molecule has 1 unspecified atom stereocenters. The van der Waals surface area contributed by atoms with Gasteiger partial charge in [0.1, 0.15) is 11.6 Å². The summed E-state index contributed by atoms with van der Waals surface area (Å²) in [7, 11) is 0. The predicted molar refractivity (Wildman–Crippen MR) is 109 cm³/mol. The molecule has 1 spiro atoms. The molecule has 0 bridgehead atoms. The summed E-state index contributed by atoms with van der Waals surface area (Å²) in [5.74, 6) is -1.28. The van der Waals surface area contributed by atoms with Gasteiger partial charge >= 0.3 is 6.03 Å². The summed E-state index contributed by atoms with van der Waals surface area (Å²) in [4.78, 5) is 51.5. The van der Waals surface area contributed by atoms with Crippen molar-refractivity contribution in [1.82, 2.24) is 15.5 Å². The number of nitrogens with zero attached hydrogens (tertiary/aromatic N) is 1. The van der Waals surface area contributed by atoms with E-state index in [1.165, 1.54) is 19.1 Å². The number of benzene rings is 1. The number of urea groups is 1. The molecule has 8 nitrogen and oxygen atoms in total. The van der Waals surface area contributed by atoms with Gasteiger partial charge in [-0.1, -0.05) is 31.4 Å². The van der Waals surface area contributed by atoms with E-state index in [0.29, 0.717) is 24.4 Å². The number of hydrogen-bond donors (Lipinski definition) is 3. The second-order valence-electron chi connectivity index (χ2n) is 7.51. The molecule has 2 fully saturated rings. The molecule has 1 atom stereocenters. The Hall–Kier alpha value is -2.61. The fourth-order valence-electron chi connectivity index (χ4n) is 3.82. The molecule has 156 valence electrons. The molecular formula is C20H25ClN4O4. The summed E-state index contributed by atoms with van der Waals surface area (Å²) in [5, 5.41) is 8.51. The first kappa shape index (κ1) is 21.1. The van der Waals surface area contributed by atoms with Crippen LogP contribution >= 0.6 is 11.6 Å². The van der Waals surface area contributed by atoms with Crippen LogP contribution < -0.4 is 16.0 Å². The molecule has 1 heterocycles. The lowest BCUT2D eigenvalue weighted by Gasteiger charge is -2.24. The number of imide groups is 1. The Morgan fingerprint density at radius 1 is 1.28 bits per heavy atom. The van der Waals surface area contributed by atoms with Crippen molar-refractivity contribution in [2.24, 2.45) is 0 Å². The van der Waals surface area contributed by atoms with Crippen molar-refractivity contribution in [2.75, 3.05) is 11.9 Å². The Balaban J connectivity index is 1.78. The van der Waals surface area contributed by atoms with Crippen molar-refractivity contribution in [2.45, 2.75) is 57.5 Å². The average molecular weight is 421 g/mol. The van der Waals surface area contributed by atoms with Gasteiger partial charge in [0, 0.05) is 11.6 Å². The summed E-state index contributed by atoms with van der Waals surface area (Å²) in [6, 6.07) is 2.95. The van der Waals surface area contributed by atoms with Gasteiger partial charge in [-0.3, -0.25) is 14.4 Å². The topological polar surface area (TPSA) is 108 Å². The van der Waals surface area contributed by atoms with E-state index in [1.807, 2.05) is 6.92 Å². The lowest BCUT2D eigenvalue weighted by molar-refractivity contribution is -0.136. The molecule has 1 aliphatic heterocycles. The first-order valence-electron chi connectivity index (χ1n) is 9.83. The van der Waals surface area contributed by atoms with E-state index in [-0.39, 0.29) is 23.1 Å². The minimum absolute atomic E-state index is 0.227. The van der Waals surface area contributed by atoms with Gasteiger partial charge in [-0.25, -0.2) is 9.69 Å². The summed E-state index contributed by atoms with van der Waals surface area (Å²) in [5.41, 5.74) is -0.397. The summed E-state index contributed by atoms with van der Waals surface area (Å²) < 4.78 is 0. The van der Waals surface area contributed by atoms with Crippen molar-refractivity contribution in [3.8, 4) is 0 Å². The maximum Gasteiger partial charge on any atom is 0.325 e. The molecule has 0 aromatic heterocycles. The second-order valence-corrected chi connectivity index (χ2v) is 7.94. The van der Waals surface area contributed by atoms with Crippen LogP contribution in [0.4, 0.5) is 10.5 Å². The minimum atomic E-state index is -1.03. The highest BCUT2D eigenvalue weighted by molar-refractivity contribution is 6.31. The zero-order valence-electron chi connectivity index (χ0n) is 16.5. The van der Waals surface area contributed by atoms with E-state index in [9.17, 15) is 19.2 Å². The number of carbonyl (C=O) groups is 4. The molecule has 1 saturated heterocycles. The van der Waals surface area contributed by atoms with E-state index in [2.05, 4.69) is 16.0 Å². The van der Waals surface area contributed by atoms with Crippen molar-refractivity contribution in [3.63, 3.8) is 0 Å². The molecule has 2 aliphatic rings. The third-order valence-electron chi connectivity index (χ3n) is 5.44. The SMILES string of the molecule is CCCNC(=O)c1ccc(Cl)cc1NC(=O)C(C)N1C(=O)NC2(CCCC2)C1=O. The van der Waals surface area contributed by atoms with Crippen molar-refractivity contribution in [3.05, 3.63) is 28.8 Å². The van der Waals surface area contributed by atoms with E-state index in [0.717, 1.165) is 24.2 Å². The van der Waals surface area contributed by atoms with Crippen LogP contribution in [0.25, 0.3) is 0 Å². The van der Waals surface area contributed by atoms with Crippen LogP contribution in [0.1, 0.15) is 56.3 Å². The Morgan fingerprint density at radius 3 is 2.62 bits per heavy atom. The molecule has 3 N–H and O–H groups in total. The number of carbonyl (C=O) groups excluding carboxylic acids is 4. The quantitative estimate of drug-likeness (QED) is 0.615. The lowest BCUT2D eigenvalue weighted by Crippen LogP contribution is -2.48. The third kappa shape index (κ3) is 4.07. The van der Waals surface area contributed by atoms with Gasteiger partial charge < -0.3 is 16.0 Å². The van der Waals surface area contributed by atoms with E-state index < -0.39 is 23.5 Å². The first-order chi connectivity index (χ1) is 13.8. The van der Waals surface area contributed by atoms with Crippen LogP contribution in [0.15, 0.2) is 18.2 Å². The predicted octanol–water partition coefficient (Wildman–Crippen LogP) is 2.67. The highest BCUT2D eigenvalue weighted by Gasteiger charge is 2.54. The zero-order chi connectivity index (χ0) is 21.2. The first-order valence-corrected chi connectivity index (χ1v) is 10.2. The van der Waals surface area contributed by atoms with Crippen LogP contribution in [0.5, 0.6) is 0 Å². The standard InChI is InChI=1S/C20H25ClN4O4/c1-3-10-22-17(27)14-7-6-13(21)11-15(14)23-16(26)12(2)25-18(28)20(24-19(25)29)8-4-5-9-20/h6-7,11-12H,3-5,8-10H2,1-2H3,(H,22,27)(H,23,26)(H,24,29). The molecule has 9 heteroatoms. The van der Waals surface area contributed by atoms with E-state index in [4.69, 9.17) is 11.6 Å². The summed E-state index contributed by atoms with van der Waals surface area (Å²) >= 11 is 6.03. The van der Waals surface area contributed by atoms with E-state index in [1.54, 1.807) is 6.07 Å². The fraction of sp³-hybridized carbons (Fsp3) is 0.500. The van der Waals surface area contributed by atoms with Crippen molar-refractivity contribution in [1.29, 1.82) is 0 Å². The Bertz CT molecular complexity index is 851. The Morgan fingerprint density at radius 2 is 1.97 bits per heavy atom. The number of rotatable bonds is 6. The summed E-state index contributed by atoms with van der Waals surface area (Å²) in [6.07, 6.45) is 3.65. The molecule has 3 rings (SSSR count). The number of hydrogen-bond acceptors (Lipinski definition) is 4. The maximum atomic E-state index is 12.9. The van der Waals surface area contributed by atoms with E-state index >= 15 is 0 Å². The number of amides is 5. The van der Waals surface area contributed by atoms with Crippen LogP contribution in [0, 0.1) is 0 Å². The molecule has 1 aromatic carbocycles. The lowest BCUT2D eigenvalue weighted by atomic mass is 9.97. The van der Waals surface area contributed by atoms with Gasteiger partial charge in [-0.15, -0.1) is 0 Å². The largest absolute Gasteiger partial charge is 0.352 e. The Labute approximate surface area is 174 Å². The maximum absolute atomic E-state index is 12.9. The van der Waals surface area contributed by atoms with Gasteiger partial charge in [-0.2, -0.15) is 0 Å². The second kappa shape index (κ2) is 8.41. The molecule has 1 aliphatic carbocycles. The molecule has 0 radical (unpaired) electrons. The fourth-order valence-corrected chi connectivity index (χ4v) is 3.99. The Kier molecular flexibility index (Phi) is 6.12. The van der Waals surface area contributed by atoms with Gasteiger partial charge in [0.2, 0.25) is 5.91 Å². The average Bonchev–Trinajstić information content (AvgIpc) is 3.24. The van der Waals surface area contributed by atoms with Crippen molar-refractivity contribution >= 4 is 41.0 Å². The normalized spacial score (nSPS) is 18.7. The van der Waals surface area contributed by atoms with Gasteiger partial charge in [-0.05, 0) is 44.4 Å². The molecular weight excluding hydrogens is 396 g/mol. The van der Waals surface area contributed by atoms with Gasteiger partial charge in [0.05, 0.1) is 11.3 Å². The molecule has 5 amide bonds. The van der Waals surface area contributed by atoms with Crippen molar-refractivity contribution < 1.29 is 19.2 Å². The third-order valence-corrected chi connectivity index (χ3v) is 5.67. The monoisotopic (exact) mass is 420 g/mol. The zero-order valence-corrected chi connectivity index (χ0v) is 17.3. The van der Waals surface area contributed by atoms with Gasteiger partial charge in [0.15, 0.2) is 0 Å². The van der Waals surface area contributed by atoms with Crippen LogP contribution in [-0.4, -0.2) is 46.8 Å². The minimum Gasteiger partial charge on any atom is -0.352 e. The highest BCUT2D eigenvalue weighted by Crippen LogP contribution is 2.36. The number of nitrogens with one attached hydrogen (secondary N) is 3. The van der Waals surface area contributed by atoms with Crippen LogP contribution in [0.3, 0.4) is 0 Å². The van der Waals surface area contributed by atoms with Crippen LogP contribution in [0.2, 0.25) is 5.02 Å². The number of halogens is 1. The van der Waals surface area contributed by atoms with Gasteiger partial charge in [0.25, 0.3) is 11.8 Å². The van der Waals surface area contributed by atoms with Crippen LogP contribution in [-0.2, 0) is 9.59 Å². The molecule has 1 saturated carbocycles. The molecule has 29 heavy (non-hydrogen) atoms. The highest BCUT2D eigenvalue weighted by atomic mass is 35.5. The summed E-state index contributed by atoms with van der Waals surface area (Å²) in [6.45, 7) is 3.92. The number of anilines is 1. The molecule has 1 aromatic rings.